The topological polar surface area (TPSA) is 24.8 Å². The van der Waals surface area contributed by atoms with Crippen LogP contribution in [0.25, 0.3) is 28.1 Å². The summed E-state index contributed by atoms with van der Waals surface area (Å²) in [6, 6.07) is 16.3. The van der Waals surface area contributed by atoms with Crippen molar-refractivity contribution in [1.82, 2.24) is 9.55 Å². The van der Waals surface area contributed by atoms with Crippen molar-refractivity contribution >= 4 is 40.0 Å². The van der Waals surface area contributed by atoms with Crippen LogP contribution >= 0.6 is 23.2 Å². The lowest BCUT2D eigenvalue weighted by atomic mass is 10.1. The van der Waals surface area contributed by atoms with Crippen LogP contribution in [0.2, 0.25) is 5.02 Å². The molecule has 0 aliphatic heterocycles. The molecule has 5 heteroatoms. The minimum Gasteiger partial charge on any atom is -0.241 e. The predicted octanol–water partition coefficient (Wildman–Crippen LogP) is 4.66. The fourth-order valence-corrected chi connectivity index (χ4v) is 3.26. The van der Waals surface area contributed by atoms with Crippen molar-refractivity contribution in [2.24, 2.45) is 0 Å². The fraction of sp³-hybridized carbons (Fsp3) is 0.167. The van der Waals surface area contributed by atoms with Crippen molar-refractivity contribution in [2.45, 2.75) is 13.0 Å². The molecule has 0 atom stereocenters. The van der Waals surface area contributed by atoms with E-state index in [9.17, 15) is 0 Å². The molecule has 0 amide bonds. The summed E-state index contributed by atoms with van der Waals surface area (Å²) in [5.41, 5.74) is 4.60. The van der Waals surface area contributed by atoms with Gasteiger partial charge in [0.25, 0.3) is 0 Å². The predicted molar refractivity (Wildman–Crippen MR) is 95.2 cm³/mol. The fourth-order valence-electron chi connectivity index (χ4n) is 3.01. The highest BCUT2D eigenvalue weighted by Crippen LogP contribution is 2.24. The first-order valence-electron chi connectivity index (χ1n) is 7.61. The summed E-state index contributed by atoms with van der Waals surface area (Å²) in [7, 11) is 0. The number of aryl methyl sites for hydroxylation is 1. The van der Waals surface area contributed by atoms with Gasteiger partial charge in [-0.2, -0.15) is 4.40 Å². The van der Waals surface area contributed by atoms with Crippen LogP contribution in [0.4, 0.5) is 0 Å². The van der Waals surface area contributed by atoms with Gasteiger partial charge in [0.2, 0.25) is 0 Å². The van der Waals surface area contributed by atoms with E-state index < -0.39 is 0 Å². The number of benzene rings is 2. The van der Waals surface area contributed by atoms with Crippen molar-refractivity contribution in [3.63, 3.8) is 0 Å². The molecule has 0 radical (unpaired) electrons. The molecule has 2 heterocycles. The zero-order valence-corrected chi connectivity index (χ0v) is 14.0. The Labute approximate surface area is 144 Å². The number of H-pyrrole nitrogens is 1. The minimum absolute atomic E-state index is 0.643. The van der Waals surface area contributed by atoms with Crippen LogP contribution in [-0.4, -0.2) is 15.4 Å². The smallest absolute Gasteiger partial charge is 0.241 e. The molecule has 0 saturated carbocycles. The zero-order chi connectivity index (χ0) is 15.8. The third-order valence-electron chi connectivity index (χ3n) is 4.09. The van der Waals surface area contributed by atoms with E-state index in [0.717, 1.165) is 40.5 Å². The molecule has 23 heavy (non-hydrogen) atoms. The number of nitrogens with zero attached hydrogens (tertiary/aromatic N) is 2. The van der Waals surface area contributed by atoms with Crippen LogP contribution in [-0.2, 0) is 6.54 Å². The monoisotopic (exact) mass is 344 g/mol. The average Bonchev–Trinajstić information content (AvgIpc) is 3.10. The Hall–Kier alpha value is -1.97. The molecule has 0 fully saturated rings. The van der Waals surface area contributed by atoms with Gasteiger partial charge in [-0.25, -0.2) is 9.55 Å². The second kappa shape index (κ2) is 5.91. The molecule has 2 aromatic heterocycles. The first kappa shape index (κ1) is 14.6. The van der Waals surface area contributed by atoms with Gasteiger partial charge in [0.15, 0.2) is 0 Å². The van der Waals surface area contributed by atoms with Crippen LogP contribution in [0.5, 0.6) is 0 Å². The summed E-state index contributed by atoms with van der Waals surface area (Å²) in [6.45, 7) is 0.866. The highest BCUT2D eigenvalue weighted by molar-refractivity contribution is 6.30. The molecule has 4 rings (SSSR count). The Balaban J connectivity index is 1.96. The number of alkyl halides is 1. The number of rotatable bonds is 4. The lowest BCUT2D eigenvalue weighted by Crippen LogP contribution is -2.16. The van der Waals surface area contributed by atoms with Gasteiger partial charge in [-0.05, 0) is 42.8 Å². The van der Waals surface area contributed by atoms with Gasteiger partial charge in [0.1, 0.15) is 22.9 Å². The van der Waals surface area contributed by atoms with Crippen molar-refractivity contribution in [1.29, 1.82) is 0 Å². The number of aromatic nitrogens is 3. The van der Waals surface area contributed by atoms with Crippen LogP contribution in [0.3, 0.4) is 0 Å². The van der Waals surface area contributed by atoms with Gasteiger partial charge in [-0.15, -0.1) is 11.6 Å². The Morgan fingerprint density at radius 3 is 2.61 bits per heavy atom. The number of imidazole rings is 2. The maximum atomic E-state index is 6.02. The maximum Gasteiger partial charge on any atom is 0.368 e. The third kappa shape index (κ3) is 2.50. The van der Waals surface area contributed by atoms with Crippen molar-refractivity contribution in [3.05, 3.63) is 59.8 Å². The first-order chi connectivity index (χ1) is 11.3. The molecule has 0 saturated heterocycles. The molecule has 0 unspecified atom stereocenters. The van der Waals surface area contributed by atoms with Crippen molar-refractivity contribution < 1.29 is 4.40 Å². The first-order valence-corrected chi connectivity index (χ1v) is 8.52. The number of hydrogen-bond donors (Lipinski definition) is 1. The van der Waals surface area contributed by atoms with Crippen LogP contribution in [0.1, 0.15) is 6.42 Å². The molecule has 4 aromatic rings. The maximum absolute atomic E-state index is 6.02. The van der Waals surface area contributed by atoms with E-state index in [1.165, 1.54) is 5.52 Å². The Morgan fingerprint density at radius 2 is 1.83 bits per heavy atom. The molecular formula is C18H16Cl2N3+. The second-order valence-electron chi connectivity index (χ2n) is 5.55. The van der Waals surface area contributed by atoms with Gasteiger partial charge in [0.05, 0.1) is 6.54 Å². The van der Waals surface area contributed by atoms with Gasteiger partial charge < -0.3 is 0 Å². The number of hydrogen-bond acceptors (Lipinski definition) is 0. The van der Waals surface area contributed by atoms with E-state index >= 15 is 0 Å². The quantitative estimate of drug-likeness (QED) is 0.411. The minimum atomic E-state index is 0.643. The SMILES string of the molecule is ClCCCn1c(-c2ccc(Cl)cc2)c[n+]2c3ccccc3[nH]c12. The number of para-hydroxylation sites is 2. The van der Waals surface area contributed by atoms with Gasteiger partial charge in [0, 0.05) is 16.5 Å². The van der Waals surface area contributed by atoms with Crippen LogP contribution in [0, 0.1) is 0 Å². The third-order valence-corrected chi connectivity index (χ3v) is 4.61. The molecule has 0 spiro atoms. The summed E-state index contributed by atoms with van der Waals surface area (Å²) in [4.78, 5) is 3.51. The van der Waals surface area contributed by atoms with Gasteiger partial charge in [-0.1, -0.05) is 23.7 Å². The van der Waals surface area contributed by atoms with E-state index in [0.29, 0.717) is 5.88 Å². The summed E-state index contributed by atoms with van der Waals surface area (Å²) in [5, 5.41) is 0.747. The zero-order valence-electron chi connectivity index (χ0n) is 12.5. The van der Waals surface area contributed by atoms with E-state index in [2.05, 4.69) is 50.5 Å². The standard InChI is InChI=1S/C18H15Cl2N3/c19-10-3-11-22-17(13-6-8-14(20)9-7-13)12-23-16-5-2-1-4-15(16)21-18(22)23/h1-2,4-9,12H,3,10-11H2/p+1. The highest BCUT2D eigenvalue weighted by atomic mass is 35.5. The van der Waals surface area contributed by atoms with E-state index in [1.54, 1.807) is 0 Å². The van der Waals surface area contributed by atoms with Crippen molar-refractivity contribution in [3.8, 4) is 11.3 Å². The van der Waals surface area contributed by atoms with Gasteiger partial charge in [-0.3, -0.25) is 0 Å². The molecule has 1 N–H and O–H groups in total. The summed E-state index contributed by atoms with van der Waals surface area (Å²) in [6.07, 6.45) is 3.09. The summed E-state index contributed by atoms with van der Waals surface area (Å²) >= 11 is 11.9. The Morgan fingerprint density at radius 1 is 1.04 bits per heavy atom. The lowest BCUT2D eigenvalue weighted by Gasteiger charge is -2.03. The summed E-state index contributed by atoms with van der Waals surface area (Å²) < 4.78 is 4.49. The molecule has 0 aliphatic carbocycles. The molecule has 2 aromatic carbocycles. The largest absolute Gasteiger partial charge is 0.368 e. The van der Waals surface area contributed by atoms with Crippen LogP contribution < -0.4 is 4.40 Å². The highest BCUT2D eigenvalue weighted by Gasteiger charge is 2.21. The molecule has 0 aliphatic rings. The van der Waals surface area contributed by atoms with E-state index in [1.807, 2.05) is 18.2 Å². The van der Waals surface area contributed by atoms with E-state index in [-0.39, 0.29) is 0 Å². The van der Waals surface area contributed by atoms with Crippen molar-refractivity contribution in [2.75, 3.05) is 5.88 Å². The molecule has 116 valence electrons. The Kier molecular flexibility index (Phi) is 3.76. The second-order valence-corrected chi connectivity index (χ2v) is 6.37. The number of fused-ring (bicyclic) bond motifs is 3. The number of nitrogens with one attached hydrogen (secondary N) is 1. The van der Waals surface area contributed by atoms with Crippen LogP contribution in [0.15, 0.2) is 54.7 Å². The normalized spacial score (nSPS) is 11.6. The van der Waals surface area contributed by atoms with Gasteiger partial charge >= 0.3 is 5.78 Å². The molecule has 3 nitrogen and oxygen atoms in total. The van der Waals surface area contributed by atoms with E-state index in [4.69, 9.17) is 23.2 Å². The summed E-state index contributed by atoms with van der Waals surface area (Å²) in [5.74, 6) is 1.71. The number of halogens is 2. The molecular weight excluding hydrogens is 329 g/mol. The number of aromatic amines is 1. The molecule has 0 bridgehead atoms. The lowest BCUT2D eigenvalue weighted by molar-refractivity contribution is -0.479. The Bertz CT molecular complexity index is 967. The average molecular weight is 345 g/mol.